The number of ether oxygens (including phenoxy) is 1. The van der Waals surface area contributed by atoms with Crippen LogP contribution in [0.25, 0.3) is 0 Å². The highest BCUT2D eigenvalue weighted by atomic mass is 79.9. The monoisotopic (exact) mass is 427 g/mol. The predicted octanol–water partition coefficient (Wildman–Crippen LogP) is 5.83. The molecule has 2 aromatic carbocycles. The van der Waals surface area contributed by atoms with Crippen LogP contribution in [0.1, 0.15) is 80.6 Å². The van der Waals surface area contributed by atoms with E-state index in [1.807, 2.05) is 0 Å². The third-order valence-electron chi connectivity index (χ3n) is 3.46. The average Bonchev–Trinajstić information content (AvgIpc) is 2.70. The highest BCUT2D eigenvalue weighted by Gasteiger charge is 2.32. The lowest BCUT2D eigenvalue weighted by Gasteiger charge is -2.30. The molecule has 1 atom stereocenters. The van der Waals surface area contributed by atoms with Crippen LogP contribution in [0.15, 0.2) is 53.0 Å². The zero-order valence-corrected chi connectivity index (χ0v) is 16.3. The van der Waals surface area contributed by atoms with Crippen LogP contribution in [0.2, 0.25) is 0 Å². The summed E-state index contributed by atoms with van der Waals surface area (Å²) in [5, 5.41) is 12.0. The Bertz CT molecular complexity index is 1090. The van der Waals surface area contributed by atoms with Gasteiger partial charge in [-0.05, 0) is 62.5 Å². The number of rotatable bonds is 6. The number of esters is 1. The van der Waals surface area contributed by atoms with Gasteiger partial charge in [-0.25, -0.2) is 4.79 Å². The molecule has 1 unspecified atom stereocenters. The summed E-state index contributed by atoms with van der Waals surface area (Å²) in [6, 6.07) is 10.7. The lowest BCUT2D eigenvalue weighted by Crippen LogP contribution is -2.28. The highest BCUT2D eigenvalue weighted by Crippen LogP contribution is 2.36. The fraction of sp³-hybridized carbons (Fsp3) is 0.409. The van der Waals surface area contributed by atoms with Gasteiger partial charge in [-0.2, -0.15) is 0 Å². The van der Waals surface area contributed by atoms with Crippen molar-refractivity contribution in [1.82, 2.24) is 0 Å². The molecular weight excluding hydrogens is 392 g/mol. The Kier molecular flexibility index (Phi) is 3.62. The molecule has 0 aromatic heterocycles. The van der Waals surface area contributed by atoms with E-state index in [1.165, 1.54) is 36.4 Å². The second-order valence-electron chi connectivity index (χ2n) is 6.68. The van der Waals surface area contributed by atoms with Crippen molar-refractivity contribution in [2.24, 2.45) is 0 Å². The summed E-state index contributed by atoms with van der Waals surface area (Å²) < 4.78 is 78.3. The summed E-state index contributed by atoms with van der Waals surface area (Å²) in [4.78, 5) is 12.7. The zero-order chi connectivity index (χ0) is 27.3. The molecule has 0 heterocycles. The van der Waals surface area contributed by atoms with Gasteiger partial charge in [0, 0.05) is 16.8 Å². The van der Waals surface area contributed by atoms with Gasteiger partial charge in [0.1, 0.15) is 11.2 Å². The first-order valence-electron chi connectivity index (χ1n) is 12.4. The van der Waals surface area contributed by atoms with Crippen LogP contribution in [0.4, 0.5) is 0 Å². The van der Waals surface area contributed by atoms with Crippen molar-refractivity contribution < 1.29 is 27.0 Å². The molecule has 0 saturated carbocycles. The van der Waals surface area contributed by atoms with Crippen molar-refractivity contribution in [2.75, 3.05) is 0 Å². The molecular formula is C22H27BrO3. The maximum absolute atomic E-state index is 12.7. The topological polar surface area (TPSA) is 46.5 Å². The Morgan fingerprint density at radius 2 is 1.85 bits per heavy atom. The smallest absolute Gasteiger partial charge is 0.338 e. The largest absolute Gasteiger partial charge is 0.456 e. The predicted molar refractivity (Wildman–Crippen MR) is 108 cm³/mol. The van der Waals surface area contributed by atoms with E-state index >= 15 is 0 Å². The van der Waals surface area contributed by atoms with E-state index in [0.717, 1.165) is 6.07 Å². The molecule has 4 heteroatoms. The second kappa shape index (κ2) is 8.36. The first-order chi connectivity index (χ1) is 15.6. The average molecular weight is 428 g/mol. The van der Waals surface area contributed by atoms with Gasteiger partial charge in [0.15, 0.2) is 0 Å². The Balaban J connectivity index is 2.86. The van der Waals surface area contributed by atoms with Gasteiger partial charge < -0.3 is 9.84 Å². The Labute approximate surface area is 177 Å². The fourth-order valence-electron chi connectivity index (χ4n) is 2.35. The van der Waals surface area contributed by atoms with E-state index in [9.17, 15) is 9.90 Å². The molecule has 2 rings (SSSR count). The van der Waals surface area contributed by atoms with E-state index < -0.39 is 43.1 Å². The molecule has 0 fully saturated rings. The molecule has 0 aliphatic carbocycles. The van der Waals surface area contributed by atoms with Gasteiger partial charge in [-0.15, -0.1) is 0 Å². The second-order valence-corrected chi connectivity index (χ2v) is 7.59. The molecule has 0 amide bonds. The quantitative estimate of drug-likeness (QED) is 0.589. The Hall–Kier alpha value is -1.65. The molecule has 0 aliphatic heterocycles. The number of carbonyl (C=O) groups is 1. The van der Waals surface area contributed by atoms with Gasteiger partial charge in [-0.3, -0.25) is 0 Å². The molecule has 140 valence electrons. The first-order valence-corrected chi connectivity index (χ1v) is 8.71. The molecule has 26 heavy (non-hydrogen) atoms. The highest BCUT2D eigenvalue weighted by molar-refractivity contribution is 9.10. The van der Waals surface area contributed by atoms with Gasteiger partial charge in [0.25, 0.3) is 0 Å². The number of hydrogen-bond donors (Lipinski definition) is 1. The first kappa shape index (κ1) is 11.3. The van der Waals surface area contributed by atoms with Crippen LogP contribution in [0.5, 0.6) is 0 Å². The molecule has 0 spiro atoms. The molecule has 0 saturated heterocycles. The third kappa shape index (κ3) is 5.18. The number of hydrogen-bond acceptors (Lipinski definition) is 3. The van der Waals surface area contributed by atoms with Crippen LogP contribution < -0.4 is 0 Å². The van der Waals surface area contributed by atoms with Crippen LogP contribution in [0.3, 0.4) is 0 Å². The summed E-state index contributed by atoms with van der Waals surface area (Å²) >= 11 is 3.22. The van der Waals surface area contributed by atoms with Crippen molar-refractivity contribution in [2.45, 2.75) is 57.9 Å². The third-order valence-corrected chi connectivity index (χ3v) is 3.96. The van der Waals surface area contributed by atoms with E-state index in [1.54, 1.807) is 26.8 Å². The SMILES string of the molecule is [2H]C([2H])([2H])C([2H])([2H])C([2H])([2H])C([2H])([2H])C(O)(c1cccc(Br)c1)c1cccc(C(=O)OC(C)(C)C)c1. The molecule has 0 bridgehead atoms. The van der Waals surface area contributed by atoms with Crippen LogP contribution in [0, 0.1) is 0 Å². The van der Waals surface area contributed by atoms with Gasteiger partial charge >= 0.3 is 5.97 Å². The summed E-state index contributed by atoms with van der Waals surface area (Å²) in [6.07, 6.45) is -11.0. The normalized spacial score (nSPS) is 21.2. The summed E-state index contributed by atoms with van der Waals surface area (Å²) in [7, 11) is 0. The number of aliphatic hydroxyl groups is 1. The van der Waals surface area contributed by atoms with Crippen LogP contribution in [-0.4, -0.2) is 16.7 Å². The Morgan fingerprint density at radius 3 is 2.46 bits per heavy atom. The minimum absolute atomic E-state index is 0.0685. The van der Waals surface area contributed by atoms with Gasteiger partial charge in [0.05, 0.1) is 5.56 Å². The van der Waals surface area contributed by atoms with Crippen molar-refractivity contribution in [3.05, 3.63) is 69.7 Å². The van der Waals surface area contributed by atoms with Crippen molar-refractivity contribution in [1.29, 1.82) is 0 Å². The maximum atomic E-state index is 12.7. The van der Waals surface area contributed by atoms with E-state index in [0.29, 0.717) is 4.47 Å². The molecule has 0 radical (unpaired) electrons. The maximum Gasteiger partial charge on any atom is 0.338 e. The summed E-state index contributed by atoms with van der Waals surface area (Å²) in [5.41, 5.74) is -4.34. The minimum atomic E-state index is -3.75. The van der Waals surface area contributed by atoms with Crippen molar-refractivity contribution in [3.8, 4) is 0 Å². The lowest BCUT2D eigenvalue weighted by atomic mass is 9.81. The van der Waals surface area contributed by atoms with Crippen molar-refractivity contribution in [3.63, 3.8) is 0 Å². The number of halogens is 1. The molecule has 3 nitrogen and oxygen atoms in total. The Morgan fingerprint density at radius 1 is 1.19 bits per heavy atom. The van der Waals surface area contributed by atoms with Crippen LogP contribution in [-0.2, 0) is 10.3 Å². The fourth-order valence-corrected chi connectivity index (χ4v) is 2.75. The van der Waals surface area contributed by atoms with Crippen molar-refractivity contribution >= 4 is 21.9 Å². The molecule has 2 aromatic rings. The van der Waals surface area contributed by atoms with Gasteiger partial charge in [0.2, 0.25) is 0 Å². The lowest BCUT2D eigenvalue weighted by molar-refractivity contribution is 0.00688. The van der Waals surface area contributed by atoms with Crippen LogP contribution >= 0.6 is 15.9 Å². The molecule has 0 aliphatic rings. The summed E-state index contributed by atoms with van der Waals surface area (Å²) in [5.74, 6) is -0.780. The number of carbonyl (C=O) groups excluding carboxylic acids is 1. The number of benzene rings is 2. The van der Waals surface area contributed by atoms with Gasteiger partial charge in [-0.1, -0.05) is 59.8 Å². The zero-order valence-electron chi connectivity index (χ0n) is 23.8. The van der Waals surface area contributed by atoms with E-state index in [2.05, 4.69) is 15.9 Å². The minimum Gasteiger partial charge on any atom is -0.456 e. The summed E-state index contributed by atoms with van der Waals surface area (Å²) in [6.45, 7) is 1.39. The standard InChI is InChI=1S/C22H27BrO3/c1-5-6-13-22(25,18-11-8-12-19(23)15-18)17-10-7-9-16(14-17)20(24)26-21(2,3)4/h7-12,14-15,25H,5-6,13H2,1-4H3/i1D3,5D2,6D2,13D2. The van der Waals surface area contributed by atoms with E-state index in [-0.39, 0.29) is 16.7 Å². The molecule has 1 N–H and O–H groups in total. The van der Waals surface area contributed by atoms with E-state index in [4.69, 9.17) is 17.1 Å².